The molecular weight excluding hydrogens is 200 g/mol. The zero-order chi connectivity index (χ0) is 11.2. The van der Waals surface area contributed by atoms with Crippen molar-refractivity contribution in [3.63, 3.8) is 0 Å². The lowest BCUT2D eigenvalue weighted by Crippen LogP contribution is -1.93. The highest BCUT2D eigenvalue weighted by molar-refractivity contribution is 6.06. The largest absolute Gasteiger partial charge is 0.289 e. The summed E-state index contributed by atoms with van der Waals surface area (Å²) in [6.07, 6.45) is 9.87. The van der Waals surface area contributed by atoms with E-state index in [0.29, 0.717) is 5.56 Å². The zero-order valence-corrected chi connectivity index (χ0v) is 8.58. The highest BCUT2D eigenvalue weighted by Crippen LogP contribution is 2.03. The molecule has 0 atom stereocenters. The summed E-state index contributed by atoms with van der Waals surface area (Å²) >= 11 is 0. The van der Waals surface area contributed by atoms with Crippen LogP contribution in [0.15, 0.2) is 55.1 Å². The average molecular weight is 210 g/mol. The van der Waals surface area contributed by atoms with Gasteiger partial charge in [-0.15, -0.1) is 0 Å². The van der Waals surface area contributed by atoms with E-state index in [4.69, 9.17) is 0 Å². The molecule has 0 aliphatic heterocycles. The van der Waals surface area contributed by atoms with Gasteiger partial charge in [0.05, 0.1) is 0 Å². The number of ketones is 1. The first-order valence-corrected chi connectivity index (χ1v) is 4.89. The molecule has 3 nitrogen and oxygen atoms in total. The van der Waals surface area contributed by atoms with Crippen LogP contribution in [0, 0.1) is 0 Å². The van der Waals surface area contributed by atoms with E-state index in [2.05, 4.69) is 9.97 Å². The quantitative estimate of drug-likeness (QED) is 0.577. The van der Waals surface area contributed by atoms with Gasteiger partial charge in [-0.25, -0.2) is 0 Å². The molecule has 0 saturated heterocycles. The molecule has 0 aliphatic rings. The summed E-state index contributed by atoms with van der Waals surface area (Å²) in [4.78, 5) is 19.5. The number of carbonyl (C=O) groups excluding carboxylic acids is 1. The van der Waals surface area contributed by atoms with Gasteiger partial charge in [-0.1, -0.05) is 6.08 Å². The fourth-order valence-corrected chi connectivity index (χ4v) is 1.25. The van der Waals surface area contributed by atoms with Crippen LogP contribution in [-0.2, 0) is 0 Å². The molecule has 0 amide bonds. The van der Waals surface area contributed by atoms with Crippen molar-refractivity contribution in [2.75, 3.05) is 0 Å². The van der Waals surface area contributed by atoms with E-state index in [0.717, 1.165) is 5.56 Å². The van der Waals surface area contributed by atoms with Gasteiger partial charge in [0.1, 0.15) is 0 Å². The summed E-state index contributed by atoms with van der Waals surface area (Å²) in [7, 11) is 0. The zero-order valence-electron chi connectivity index (χ0n) is 8.58. The summed E-state index contributed by atoms with van der Waals surface area (Å²) in [6, 6.07) is 7.17. The Kier molecular flexibility index (Phi) is 3.18. The molecule has 2 aromatic rings. The van der Waals surface area contributed by atoms with Gasteiger partial charge in [-0.2, -0.15) is 0 Å². The summed E-state index contributed by atoms with van der Waals surface area (Å²) in [5, 5.41) is 0. The molecule has 2 rings (SSSR count). The molecule has 78 valence electrons. The van der Waals surface area contributed by atoms with Crippen LogP contribution >= 0.6 is 0 Å². The molecule has 2 heterocycles. The van der Waals surface area contributed by atoms with Crippen LogP contribution in [0.1, 0.15) is 15.9 Å². The van der Waals surface area contributed by atoms with Crippen LogP contribution in [0.5, 0.6) is 0 Å². The van der Waals surface area contributed by atoms with Crippen LogP contribution in [0.25, 0.3) is 6.08 Å². The predicted octanol–water partition coefficient (Wildman–Crippen LogP) is 2.37. The van der Waals surface area contributed by atoms with Crippen LogP contribution in [-0.4, -0.2) is 15.8 Å². The molecule has 0 bridgehead atoms. The summed E-state index contributed by atoms with van der Waals surface area (Å²) in [5.74, 6) is -0.0510. The van der Waals surface area contributed by atoms with Crippen molar-refractivity contribution >= 4 is 11.9 Å². The monoisotopic (exact) mass is 210 g/mol. The Bertz CT molecular complexity index is 492. The summed E-state index contributed by atoms with van der Waals surface area (Å²) < 4.78 is 0. The maximum absolute atomic E-state index is 11.7. The third kappa shape index (κ3) is 2.60. The molecule has 0 saturated carbocycles. The van der Waals surface area contributed by atoms with Crippen LogP contribution in [0.2, 0.25) is 0 Å². The van der Waals surface area contributed by atoms with Crippen molar-refractivity contribution in [1.29, 1.82) is 0 Å². The number of rotatable bonds is 3. The van der Waals surface area contributed by atoms with Gasteiger partial charge in [-0.05, 0) is 35.9 Å². The minimum atomic E-state index is -0.0510. The van der Waals surface area contributed by atoms with Crippen LogP contribution in [0.4, 0.5) is 0 Å². The van der Waals surface area contributed by atoms with E-state index in [1.165, 1.54) is 6.08 Å². The van der Waals surface area contributed by atoms with Crippen LogP contribution in [0.3, 0.4) is 0 Å². The summed E-state index contributed by atoms with van der Waals surface area (Å²) in [6.45, 7) is 0. The van der Waals surface area contributed by atoms with Crippen molar-refractivity contribution in [3.05, 3.63) is 66.3 Å². The molecule has 0 radical (unpaired) electrons. The van der Waals surface area contributed by atoms with Crippen LogP contribution < -0.4 is 0 Å². The van der Waals surface area contributed by atoms with Crippen molar-refractivity contribution in [2.45, 2.75) is 0 Å². The second kappa shape index (κ2) is 4.98. The second-order valence-corrected chi connectivity index (χ2v) is 3.22. The molecule has 0 fully saturated rings. The molecule has 0 aliphatic carbocycles. The number of hydrogen-bond acceptors (Lipinski definition) is 3. The molecular formula is C13H10N2O. The number of allylic oxidation sites excluding steroid dienone is 1. The van der Waals surface area contributed by atoms with Gasteiger partial charge >= 0.3 is 0 Å². The summed E-state index contributed by atoms with van der Waals surface area (Å²) in [5.41, 5.74) is 1.54. The van der Waals surface area contributed by atoms with Crippen molar-refractivity contribution in [1.82, 2.24) is 9.97 Å². The molecule has 2 aromatic heterocycles. The smallest absolute Gasteiger partial charge is 0.187 e. The molecule has 16 heavy (non-hydrogen) atoms. The number of aromatic nitrogens is 2. The Balaban J connectivity index is 2.12. The standard InChI is InChI=1S/C13H10N2O/c16-13(12-2-1-7-15-10-12)4-3-11-5-8-14-9-6-11/h1-10H/b4-3+. The first kappa shape index (κ1) is 10.2. The predicted molar refractivity (Wildman–Crippen MR) is 61.8 cm³/mol. The van der Waals surface area contributed by atoms with Gasteiger partial charge in [-0.3, -0.25) is 14.8 Å². The van der Waals surface area contributed by atoms with E-state index >= 15 is 0 Å². The van der Waals surface area contributed by atoms with E-state index in [9.17, 15) is 4.79 Å². The number of hydrogen-bond donors (Lipinski definition) is 0. The topological polar surface area (TPSA) is 42.9 Å². The number of pyridine rings is 2. The van der Waals surface area contributed by atoms with E-state index in [1.807, 2.05) is 12.1 Å². The second-order valence-electron chi connectivity index (χ2n) is 3.22. The Hall–Kier alpha value is -2.29. The van der Waals surface area contributed by atoms with Crippen molar-refractivity contribution in [3.8, 4) is 0 Å². The lowest BCUT2D eigenvalue weighted by atomic mass is 10.1. The third-order valence-electron chi connectivity index (χ3n) is 2.08. The van der Waals surface area contributed by atoms with Crippen molar-refractivity contribution < 1.29 is 4.79 Å². The van der Waals surface area contributed by atoms with Crippen molar-refractivity contribution in [2.24, 2.45) is 0 Å². The highest BCUT2D eigenvalue weighted by atomic mass is 16.1. The van der Waals surface area contributed by atoms with Gasteiger partial charge in [0, 0.05) is 30.4 Å². The third-order valence-corrected chi connectivity index (χ3v) is 2.08. The van der Waals surface area contributed by atoms with E-state index in [-0.39, 0.29) is 5.78 Å². The SMILES string of the molecule is O=C(/C=C/c1ccncc1)c1cccnc1. The minimum absolute atomic E-state index is 0.0510. The van der Waals surface area contributed by atoms with E-state index < -0.39 is 0 Å². The molecule has 0 aromatic carbocycles. The Morgan fingerprint density at radius 3 is 2.56 bits per heavy atom. The molecule has 0 spiro atoms. The fourth-order valence-electron chi connectivity index (χ4n) is 1.25. The lowest BCUT2D eigenvalue weighted by Gasteiger charge is -1.93. The lowest BCUT2D eigenvalue weighted by molar-refractivity contribution is 0.104. The molecule has 0 N–H and O–H groups in total. The fraction of sp³-hybridized carbons (Fsp3) is 0. The van der Waals surface area contributed by atoms with Gasteiger partial charge < -0.3 is 0 Å². The van der Waals surface area contributed by atoms with Gasteiger partial charge in [0.2, 0.25) is 0 Å². The van der Waals surface area contributed by atoms with E-state index in [1.54, 1.807) is 43.0 Å². The number of carbonyl (C=O) groups is 1. The first-order valence-electron chi connectivity index (χ1n) is 4.89. The van der Waals surface area contributed by atoms with Gasteiger partial charge in [0.25, 0.3) is 0 Å². The molecule has 3 heteroatoms. The normalized spacial score (nSPS) is 10.5. The van der Waals surface area contributed by atoms with Gasteiger partial charge in [0.15, 0.2) is 5.78 Å². The Morgan fingerprint density at radius 2 is 1.88 bits per heavy atom. The highest BCUT2D eigenvalue weighted by Gasteiger charge is 1.99. The maximum atomic E-state index is 11.7. The first-order chi connectivity index (χ1) is 7.86. The Labute approximate surface area is 93.5 Å². The minimum Gasteiger partial charge on any atom is -0.289 e. The number of nitrogens with zero attached hydrogens (tertiary/aromatic N) is 2. The Morgan fingerprint density at radius 1 is 1.06 bits per heavy atom. The maximum Gasteiger partial charge on any atom is 0.187 e. The average Bonchev–Trinajstić information content (AvgIpc) is 2.38. The molecule has 0 unspecified atom stereocenters.